The topological polar surface area (TPSA) is 68.3 Å². The molecule has 1 saturated heterocycles. The lowest BCUT2D eigenvalue weighted by Crippen LogP contribution is -2.19. The molecule has 128 valence electrons. The molecule has 6 nitrogen and oxygen atoms in total. The van der Waals surface area contributed by atoms with Gasteiger partial charge in [0.25, 0.3) is 0 Å². The molecule has 0 radical (unpaired) electrons. The third-order valence-electron chi connectivity index (χ3n) is 3.92. The minimum Gasteiger partial charge on any atom is -0.383 e. The predicted octanol–water partition coefficient (Wildman–Crippen LogP) is 2.79. The smallest absolute Gasteiger partial charge is 0.225 e. The van der Waals surface area contributed by atoms with Crippen LogP contribution in [0, 0.1) is 0 Å². The molecule has 2 aromatic rings. The summed E-state index contributed by atoms with van der Waals surface area (Å²) in [7, 11) is 1.68. The fourth-order valence-electron chi connectivity index (χ4n) is 2.66. The Bertz CT molecular complexity index is 630. The monoisotopic (exact) mass is 328 g/mol. The summed E-state index contributed by atoms with van der Waals surface area (Å²) >= 11 is 0. The highest BCUT2D eigenvalue weighted by Crippen LogP contribution is 2.22. The number of aromatic nitrogens is 2. The van der Waals surface area contributed by atoms with Crippen LogP contribution in [0.2, 0.25) is 0 Å². The Balaban J connectivity index is 1.76. The molecule has 3 rings (SSSR count). The molecule has 1 aromatic carbocycles. The van der Waals surface area contributed by atoms with Gasteiger partial charge in [-0.15, -0.1) is 0 Å². The molecule has 2 heterocycles. The lowest BCUT2D eigenvalue weighted by Gasteiger charge is -2.14. The van der Waals surface area contributed by atoms with Gasteiger partial charge in [-0.2, -0.15) is 4.98 Å². The maximum absolute atomic E-state index is 5.66. The standard InChI is InChI=1S/C18H24N4O2/c1-23-11-9-19-18-21-16(14-6-3-2-4-7-14)12-17(22-18)20-13-15-8-5-10-24-15/h2-4,6-7,12,15H,5,8-11,13H2,1H3,(H2,19,20,21,22). The molecule has 0 aliphatic carbocycles. The van der Waals surface area contributed by atoms with Crippen molar-refractivity contribution in [3.63, 3.8) is 0 Å². The highest BCUT2D eigenvalue weighted by Gasteiger charge is 2.15. The van der Waals surface area contributed by atoms with E-state index in [2.05, 4.69) is 20.6 Å². The number of rotatable bonds is 8. The van der Waals surface area contributed by atoms with Crippen LogP contribution in [0.3, 0.4) is 0 Å². The second kappa shape index (κ2) is 8.61. The van der Waals surface area contributed by atoms with Crippen molar-refractivity contribution in [2.45, 2.75) is 18.9 Å². The van der Waals surface area contributed by atoms with Crippen molar-refractivity contribution < 1.29 is 9.47 Å². The second-order valence-electron chi connectivity index (χ2n) is 5.76. The maximum Gasteiger partial charge on any atom is 0.225 e. The van der Waals surface area contributed by atoms with E-state index in [-0.39, 0.29) is 6.10 Å². The van der Waals surface area contributed by atoms with E-state index in [1.54, 1.807) is 7.11 Å². The van der Waals surface area contributed by atoms with E-state index in [9.17, 15) is 0 Å². The molecular formula is C18H24N4O2. The zero-order valence-electron chi connectivity index (χ0n) is 14.0. The largest absolute Gasteiger partial charge is 0.383 e. The van der Waals surface area contributed by atoms with E-state index in [4.69, 9.17) is 9.47 Å². The fraction of sp³-hybridized carbons (Fsp3) is 0.444. The number of hydrogen-bond acceptors (Lipinski definition) is 6. The van der Waals surface area contributed by atoms with Crippen LogP contribution in [-0.4, -0.2) is 49.5 Å². The molecule has 6 heteroatoms. The fourth-order valence-corrected chi connectivity index (χ4v) is 2.66. The van der Waals surface area contributed by atoms with Crippen LogP contribution in [0.15, 0.2) is 36.4 Å². The Morgan fingerprint density at radius 1 is 1.21 bits per heavy atom. The molecule has 24 heavy (non-hydrogen) atoms. The first-order valence-electron chi connectivity index (χ1n) is 8.38. The molecule has 1 unspecified atom stereocenters. The molecular weight excluding hydrogens is 304 g/mol. The van der Waals surface area contributed by atoms with Crippen molar-refractivity contribution in [2.75, 3.05) is 44.0 Å². The van der Waals surface area contributed by atoms with E-state index in [1.165, 1.54) is 0 Å². The quantitative estimate of drug-likeness (QED) is 0.726. The second-order valence-corrected chi connectivity index (χ2v) is 5.76. The molecule has 1 aliphatic heterocycles. The Labute approximate surface area is 142 Å². The van der Waals surface area contributed by atoms with Crippen molar-refractivity contribution in [2.24, 2.45) is 0 Å². The number of ether oxygens (including phenoxy) is 2. The highest BCUT2D eigenvalue weighted by molar-refractivity contribution is 5.64. The van der Waals surface area contributed by atoms with Crippen molar-refractivity contribution >= 4 is 11.8 Å². The van der Waals surface area contributed by atoms with E-state index < -0.39 is 0 Å². The normalized spacial score (nSPS) is 17.0. The van der Waals surface area contributed by atoms with Crippen molar-refractivity contribution in [3.05, 3.63) is 36.4 Å². The van der Waals surface area contributed by atoms with Crippen molar-refractivity contribution in [1.29, 1.82) is 0 Å². The molecule has 0 bridgehead atoms. The van der Waals surface area contributed by atoms with Crippen LogP contribution in [0.4, 0.5) is 11.8 Å². The highest BCUT2D eigenvalue weighted by atomic mass is 16.5. The summed E-state index contributed by atoms with van der Waals surface area (Å²) in [5.41, 5.74) is 1.95. The van der Waals surface area contributed by atoms with Gasteiger partial charge in [-0.05, 0) is 12.8 Å². The lowest BCUT2D eigenvalue weighted by molar-refractivity contribution is 0.120. The maximum atomic E-state index is 5.66. The van der Waals surface area contributed by atoms with Gasteiger partial charge in [-0.3, -0.25) is 0 Å². The average Bonchev–Trinajstić information content (AvgIpc) is 3.14. The summed E-state index contributed by atoms with van der Waals surface area (Å²) in [5.74, 6) is 1.41. The number of benzene rings is 1. The van der Waals surface area contributed by atoms with E-state index in [0.29, 0.717) is 19.1 Å². The molecule has 1 aliphatic rings. The van der Waals surface area contributed by atoms with Crippen LogP contribution < -0.4 is 10.6 Å². The Morgan fingerprint density at radius 3 is 2.83 bits per heavy atom. The molecule has 1 fully saturated rings. The van der Waals surface area contributed by atoms with Gasteiger partial charge in [0.05, 0.1) is 18.4 Å². The number of hydrogen-bond donors (Lipinski definition) is 2. The van der Waals surface area contributed by atoms with Crippen molar-refractivity contribution in [3.8, 4) is 11.3 Å². The van der Waals surface area contributed by atoms with Gasteiger partial charge in [0.15, 0.2) is 0 Å². The summed E-state index contributed by atoms with van der Waals surface area (Å²) in [4.78, 5) is 9.15. The van der Waals surface area contributed by atoms with Gasteiger partial charge in [0, 0.05) is 38.4 Å². The molecule has 0 amide bonds. The van der Waals surface area contributed by atoms with Gasteiger partial charge in [-0.1, -0.05) is 30.3 Å². The number of nitrogens with one attached hydrogen (secondary N) is 2. The number of anilines is 2. The van der Waals surface area contributed by atoms with Gasteiger partial charge in [-0.25, -0.2) is 4.98 Å². The molecule has 1 atom stereocenters. The minimum atomic E-state index is 0.269. The molecule has 1 aromatic heterocycles. The average molecular weight is 328 g/mol. The van der Waals surface area contributed by atoms with Crippen LogP contribution >= 0.6 is 0 Å². The number of methoxy groups -OCH3 is 1. The van der Waals surface area contributed by atoms with Crippen LogP contribution in [0.5, 0.6) is 0 Å². The third kappa shape index (κ3) is 4.66. The van der Waals surface area contributed by atoms with E-state index in [1.807, 2.05) is 36.4 Å². The summed E-state index contributed by atoms with van der Waals surface area (Å²) in [6, 6.07) is 12.1. The molecule has 0 spiro atoms. The van der Waals surface area contributed by atoms with E-state index >= 15 is 0 Å². The zero-order valence-corrected chi connectivity index (χ0v) is 14.0. The van der Waals surface area contributed by atoms with Gasteiger partial charge < -0.3 is 20.1 Å². The van der Waals surface area contributed by atoms with E-state index in [0.717, 1.165) is 43.1 Å². The first kappa shape index (κ1) is 16.7. The lowest BCUT2D eigenvalue weighted by atomic mass is 10.1. The van der Waals surface area contributed by atoms with Crippen molar-refractivity contribution in [1.82, 2.24) is 9.97 Å². The summed E-state index contributed by atoms with van der Waals surface area (Å²) in [6.45, 7) is 2.90. The summed E-state index contributed by atoms with van der Waals surface area (Å²) < 4.78 is 10.7. The third-order valence-corrected chi connectivity index (χ3v) is 3.92. The first-order chi connectivity index (χ1) is 11.8. The summed E-state index contributed by atoms with van der Waals surface area (Å²) in [6.07, 6.45) is 2.50. The minimum absolute atomic E-state index is 0.269. The first-order valence-corrected chi connectivity index (χ1v) is 8.38. The van der Waals surface area contributed by atoms with Gasteiger partial charge in [0.1, 0.15) is 5.82 Å². The van der Waals surface area contributed by atoms with Crippen LogP contribution in [0.1, 0.15) is 12.8 Å². The van der Waals surface area contributed by atoms with Crippen LogP contribution in [-0.2, 0) is 9.47 Å². The predicted molar refractivity (Wildman–Crippen MR) is 95.3 cm³/mol. The van der Waals surface area contributed by atoms with Crippen LogP contribution in [0.25, 0.3) is 11.3 Å². The SMILES string of the molecule is COCCNc1nc(NCC2CCCO2)cc(-c2ccccc2)n1. The number of nitrogens with zero attached hydrogens (tertiary/aromatic N) is 2. The zero-order chi connectivity index (χ0) is 16.6. The molecule has 0 saturated carbocycles. The Morgan fingerprint density at radius 2 is 2.08 bits per heavy atom. The Kier molecular flexibility index (Phi) is 5.98. The summed E-state index contributed by atoms with van der Waals surface area (Å²) in [5, 5.41) is 6.59. The van der Waals surface area contributed by atoms with Gasteiger partial charge in [0.2, 0.25) is 5.95 Å². The van der Waals surface area contributed by atoms with Gasteiger partial charge >= 0.3 is 0 Å². The molecule has 2 N–H and O–H groups in total. The Hall–Kier alpha value is -2.18.